The summed E-state index contributed by atoms with van der Waals surface area (Å²) in [5.74, 6) is 1.22. The van der Waals surface area contributed by atoms with Gasteiger partial charge in [-0.3, -0.25) is 10.1 Å². The minimum Gasteiger partial charge on any atom is -0.363 e. The molecule has 0 bridgehead atoms. The molecule has 1 atom stereocenters. The molecule has 3 rings (SSSR count). The number of anilines is 1. The summed E-state index contributed by atoms with van der Waals surface area (Å²) in [5.41, 5.74) is 2.48. The van der Waals surface area contributed by atoms with Gasteiger partial charge in [0.1, 0.15) is 11.6 Å². The largest absolute Gasteiger partial charge is 0.363 e. The van der Waals surface area contributed by atoms with E-state index < -0.39 is 4.92 Å². The summed E-state index contributed by atoms with van der Waals surface area (Å²) in [5, 5.41) is 27.9. The normalized spacial score (nSPS) is 11.9. The van der Waals surface area contributed by atoms with Crippen molar-refractivity contribution in [3.8, 4) is 6.07 Å². The van der Waals surface area contributed by atoms with Crippen LogP contribution in [-0.4, -0.2) is 15.1 Å². The van der Waals surface area contributed by atoms with Crippen LogP contribution >= 0.6 is 0 Å². The first kappa shape index (κ1) is 16.4. The van der Waals surface area contributed by atoms with Crippen LogP contribution in [0.5, 0.6) is 0 Å². The zero-order valence-electron chi connectivity index (χ0n) is 13.9. The number of nitro benzene ring substituents is 1. The van der Waals surface area contributed by atoms with Crippen molar-refractivity contribution < 1.29 is 9.45 Å². The van der Waals surface area contributed by atoms with Gasteiger partial charge < -0.3 is 9.84 Å². The number of nitrogens with zero attached hydrogens (tertiary/aromatic N) is 4. The number of rotatable bonds is 4. The molecule has 0 amide bonds. The van der Waals surface area contributed by atoms with Gasteiger partial charge in [-0.25, -0.2) is 4.98 Å². The Labute approximate surface area is 143 Å². The zero-order valence-corrected chi connectivity index (χ0v) is 13.9. The Morgan fingerprint density at radius 3 is 2.72 bits per heavy atom. The van der Waals surface area contributed by atoms with E-state index in [0.717, 1.165) is 17.0 Å². The van der Waals surface area contributed by atoms with Crippen molar-refractivity contribution in [2.24, 2.45) is 0 Å². The maximum atomic E-state index is 10.9. The number of nitriles is 1. The van der Waals surface area contributed by atoms with Gasteiger partial charge >= 0.3 is 0 Å². The van der Waals surface area contributed by atoms with Gasteiger partial charge in [-0.1, -0.05) is 5.16 Å². The molecule has 2 heterocycles. The third kappa shape index (κ3) is 2.99. The fourth-order valence-corrected chi connectivity index (χ4v) is 2.90. The number of aryl methyl sites for hydroxylation is 2. The van der Waals surface area contributed by atoms with E-state index in [2.05, 4.69) is 21.5 Å². The fraction of sp³-hybridized carbons (Fsp3) is 0.235. The van der Waals surface area contributed by atoms with Crippen molar-refractivity contribution in [3.63, 3.8) is 0 Å². The van der Waals surface area contributed by atoms with E-state index >= 15 is 0 Å². The van der Waals surface area contributed by atoms with Gasteiger partial charge in [0.15, 0.2) is 0 Å². The molecular formula is C17H15N5O3. The molecule has 0 fully saturated rings. The molecule has 0 aliphatic rings. The first-order valence-corrected chi connectivity index (χ1v) is 7.59. The number of hydrogen-bond donors (Lipinski definition) is 1. The molecule has 0 spiro atoms. The summed E-state index contributed by atoms with van der Waals surface area (Å²) in [6, 6.07) is 7.81. The quantitative estimate of drug-likeness (QED) is 0.568. The SMILES string of the molecule is Cc1noc(C)c1[C@@H](C)Nc1cc(C#N)c2cc([N+](=O)[O-])ccc2n1. The molecule has 8 nitrogen and oxygen atoms in total. The van der Waals surface area contributed by atoms with Crippen LogP contribution in [0.25, 0.3) is 10.9 Å². The van der Waals surface area contributed by atoms with E-state index in [9.17, 15) is 15.4 Å². The Morgan fingerprint density at radius 1 is 1.36 bits per heavy atom. The van der Waals surface area contributed by atoms with Crippen LogP contribution in [0.3, 0.4) is 0 Å². The summed E-state index contributed by atoms with van der Waals surface area (Å²) in [6.07, 6.45) is 0. The molecular weight excluding hydrogens is 322 g/mol. The molecule has 8 heteroatoms. The minimum atomic E-state index is -0.494. The van der Waals surface area contributed by atoms with Crippen LogP contribution in [-0.2, 0) is 0 Å². The van der Waals surface area contributed by atoms with Gasteiger partial charge in [-0.05, 0) is 32.9 Å². The summed E-state index contributed by atoms with van der Waals surface area (Å²) < 4.78 is 5.18. The highest BCUT2D eigenvalue weighted by Crippen LogP contribution is 2.28. The highest BCUT2D eigenvalue weighted by atomic mass is 16.6. The van der Waals surface area contributed by atoms with E-state index in [0.29, 0.717) is 22.3 Å². The van der Waals surface area contributed by atoms with E-state index in [1.54, 1.807) is 12.1 Å². The third-order valence-corrected chi connectivity index (χ3v) is 4.01. The van der Waals surface area contributed by atoms with Crippen molar-refractivity contribution in [2.75, 3.05) is 5.32 Å². The standard InChI is InChI=1S/C17H15N5O3/c1-9(17-10(2)21-25-11(17)3)19-16-6-12(8-18)14-7-13(22(23)24)4-5-15(14)20-16/h4-7,9H,1-3H3,(H,19,20)/t9-/m1/s1. The summed E-state index contributed by atoms with van der Waals surface area (Å²) in [4.78, 5) is 14.9. The first-order valence-electron chi connectivity index (χ1n) is 7.59. The Kier molecular flexibility index (Phi) is 4.07. The fourth-order valence-electron chi connectivity index (χ4n) is 2.90. The lowest BCUT2D eigenvalue weighted by atomic mass is 10.1. The third-order valence-electron chi connectivity index (χ3n) is 4.01. The Morgan fingerprint density at radius 2 is 2.12 bits per heavy atom. The maximum Gasteiger partial charge on any atom is 0.270 e. The number of pyridine rings is 1. The second-order valence-electron chi connectivity index (χ2n) is 5.73. The highest BCUT2D eigenvalue weighted by molar-refractivity contribution is 5.88. The number of nitro groups is 1. The van der Waals surface area contributed by atoms with Crippen LogP contribution in [0.2, 0.25) is 0 Å². The van der Waals surface area contributed by atoms with Crippen molar-refractivity contribution >= 4 is 22.4 Å². The lowest BCUT2D eigenvalue weighted by molar-refractivity contribution is -0.384. The maximum absolute atomic E-state index is 10.9. The molecule has 2 aromatic heterocycles. The average molecular weight is 337 g/mol. The molecule has 0 saturated carbocycles. The van der Waals surface area contributed by atoms with Gasteiger partial charge in [-0.15, -0.1) is 0 Å². The molecule has 0 saturated heterocycles. The summed E-state index contributed by atoms with van der Waals surface area (Å²) >= 11 is 0. The van der Waals surface area contributed by atoms with E-state index in [1.807, 2.05) is 20.8 Å². The molecule has 3 aromatic rings. The monoisotopic (exact) mass is 337 g/mol. The van der Waals surface area contributed by atoms with E-state index in [4.69, 9.17) is 4.52 Å². The number of fused-ring (bicyclic) bond motifs is 1. The van der Waals surface area contributed by atoms with Gasteiger partial charge in [0.2, 0.25) is 0 Å². The van der Waals surface area contributed by atoms with Gasteiger partial charge in [0.25, 0.3) is 5.69 Å². The van der Waals surface area contributed by atoms with Crippen LogP contribution in [0.4, 0.5) is 11.5 Å². The molecule has 126 valence electrons. The second kappa shape index (κ2) is 6.20. The summed E-state index contributed by atoms with van der Waals surface area (Å²) in [6.45, 7) is 5.64. The Bertz CT molecular complexity index is 1000. The second-order valence-corrected chi connectivity index (χ2v) is 5.73. The highest BCUT2D eigenvalue weighted by Gasteiger charge is 2.18. The van der Waals surface area contributed by atoms with Crippen molar-refractivity contribution in [1.29, 1.82) is 5.26 Å². The molecule has 0 aliphatic heterocycles. The van der Waals surface area contributed by atoms with Crippen molar-refractivity contribution in [2.45, 2.75) is 26.8 Å². The molecule has 25 heavy (non-hydrogen) atoms. The molecule has 0 radical (unpaired) electrons. The Hall–Kier alpha value is -3.47. The van der Waals surface area contributed by atoms with E-state index in [-0.39, 0.29) is 11.7 Å². The van der Waals surface area contributed by atoms with Crippen LogP contribution < -0.4 is 5.32 Å². The minimum absolute atomic E-state index is 0.0735. The molecule has 0 unspecified atom stereocenters. The topological polar surface area (TPSA) is 118 Å². The predicted molar refractivity (Wildman–Crippen MR) is 91.1 cm³/mol. The van der Waals surface area contributed by atoms with Crippen LogP contribution in [0.15, 0.2) is 28.8 Å². The summed E-state index contributed by atoms with van der Waals surface area (Å²) in [7, 11) is 0. The first-order chi connectivity index (χ1) is 11.9. The van der Waals surface area contributed by atoms with Gasteiger partial charge in [0.05, 0.1) is 33.8 Å². The van der Waals surface area contributed by atoms with Crippen LogP contribution in [0.1, 0.15) is 35.5 Å². The number of benzene rings is 1. The lowest BCUT2D eigenvalue weighted by Gasteiger charge is -2.15. The molecule has 1 N–H and O–H groups in total. The number of aromatic nitrogens is 2. The van der Waals surface area contributed by atoms with Gasteiger partial charge in [0, 0.05) is 23.1 Å². The Balaban J connectivity index is 2.02. The number of nitrogens with one attached hydrogen (secondary N) is 1. The predicted octanol–water partition coefficient (Wildman–Crippen LogP) is 3.79. The van der Waals surface area contributed by atoms with Gasteiger partial charge in [-0.2, -0.15) is 5.26 Å². The zero-order chi connectivity index (χ0) is 18.1. The number of non-ortho nitro benzene ring substituents is 1. The lowest BCUT2D eigenvalue weighted by Crippen LogP contribution is -2.10. The molecule has 1 aromatic carbocycles. The average Bonchev–Trinajstić information content (AvgIpc) is 2.92. The van der Waals surface area contributed by atoms with Crippen molar-refractivity contribution in [1.82, 2.24) is 10.1 Å². The van der Waals surface area contributed by atoms with Crippen LogP contribution in [0, 0.1) is 35.3 Å². The number of hydrogen-bond acceptors (Lipinski definition) is 7. The smallest absolute Gasteiger partial charge is 0.270 e. The van der Waals surface area contributed by atoms with Crippen molar-refractivity contribution in [3.05, 3.63) is 57.0 Å². The van der Waals surface area contributed by atoms with E-state index in [1.165, 1.54) is 12.1 Å². The molecule has 0 aliphatic carbocycles.